The highest BCUT2D eigenvalue weighted by atomic mass is 19.1. The smallest absolute Gasteiger partial charge is 0.123 e. The molecular weight excluding hydrogens is 191 g/mol. The minimum Gasteiger partial charge on any atom is -0.270 e. The Bertz CT molecular complexity index is 460. The van der Waals surface area contributed by atoms with Gasteiger partial charge in [-0.1, -0.05) is 12.1 Å². The molecule has 0 bridgehead atoms. The molecule has 0 radical (unpaired) electrons. The molecule has 0 aliphatic heterocycles. The van der Waals surface area contributed by atoms with Gasteiger partial charge in [-0.3, -0.25) is 4.68 Å². The second kappa shape index (κ2) is 3.85. The molecule has 0 saturated heterocycles. The van der Waals surface area contributed by atoms with Gasteiger partial charge in [0.05, 0.1) is 6.20 Å². The third-order valence-electron chi connectivity index (χ3n) is 2.29. The summed E-state index contributed by atoms with van der Waals surface area (Å²) in [5.74, 6) is -0.218. The van der Waals surface area contributed by atoms with Crippen LogP contribution in [0.15, 0.2) is 36.7 Å². The number of rotatable bonds is 2. The Hall–Kier alpha value is -1.64. The highest BCUT2D eigenvalue weighted by Gasteiger charge is 2.04. The second-order valence-electron chi connectivity index (χ2n) is 3.81. The molecule has 0 amide bonds. The lowest BCUT2D eigenvalue weighted by Crippen LogP contribution is -1.99. The molecule has 0 fully saturated rings. The second-order valence-corrected chi connectivity index (χ2v) is 3.81. The monoisotopic (exact) mass is 204 g/mol. The summed E-state index contributed by atoms with van der Waals surface area (Å²) in [5.41, 5.74) is 1.81. The lowest BCUT2D eigenvalue weighted by atomic mass is 10.1. The van der Waals surface area contributed by atoms with E-state index in [0.717, 1.165) is 11.1 Å². The van der Waals surface area contributed by atoms with Crippen molar-refractivity contribution in [2.75, 3.05) is 0 Å². The fourth-order valence-electron chi connectivity index (χ4n) is 1.44. The van der Waals surface area contributed by atoms with Gasteiger partial charge in [0.25, 0.3) is 0 Å². The Balaban J connectivity index is 2.37. The van der Waals surface area contributed by atoms with Crippen LogP contribution in [0.4, 0.5) is 4.39 Å². The van der Waals surface area contributed by atoms with E-state index in [0.29, 0.717) is 6.04 Å². The average molecular weight is 204 g/mol. The molecular formula is C12H13FN2. The predicted molar refractivity (Wildman–Crippen MR) is 58.0 cm³/mol. The fourth-order valence-corrected chi connectivity index (χ4v) is 1.44. The first-order valence-electron chi connectivity index (χ1n) is 4.97. The molecule has 1 aromatic carbocycles. The van der Waals surface area contributed by atoms with E-state index in [1.54, 1.807) is 12.3 Å². The number of aromatic nitrogens is 2. The standard InChI is InChI=1S/C12H13FN2/c1-9(2)15-8-11(7-14-15)10-4-3-5-12(13)6-10/h3-9H,1-2H3. The number of hydrogen-bond acceptors (Lipinski definition) is 1. The van der Waals surface area contributed by atoms with Gasteiger partial charge in [-0.2, -0.15) is 5.10 Å². The van der Waals surface area contributed by atoms with E-state index in [1.807, 2.05) is 16.9 Å². The molecule has 0 aliphatic carbocycles. The molecule has 2 aromatic rings. The van der Waals surface area contributed by atoms with Crippen LogP contribution >= 0.6 is 0 Å². The summed E-state index contributed by atoms with van der Waals surface area (Å²) in [6.45, 7) is 4.12. The summed E-state index contributed by atoms with van der Waals surface area (Å²) in [4.78, 5) is 0. The number of halogens is 1. The van der Waals surface area contributed by atoms with E-state index < -0.39 is 0 Å². The number of nitrogens with zero attached hydrogens (tertiary/aromatic N) is 2. The fraction of sp³-hybridized carbons (Fsp3) is 0.250. The van der Waals surface area contributed by atoms with Gasteiger partial charge in [-0.15, -0.1) is 0 Å². The molecule has 2 nitrogen and oxygen atoms in total. The van der Waals surface area contributed by atoms with Crippen molar-refractivity contribution in [1.29, 1.82) is 0 Å². The summed E-state index contributed by atoms with van der Waals surface area (Å²) < 4.78 is 14.9. The maximum atomic E-state index is 13.0. The molecule has 0 spiro atoms. The van der Waals surface area contributed by atoms with Gasteiger partial charge in [-0.25, -0.2) is 4.39 Å². The van der Waals surface area contributed by atoms with E-state index >= 15 is 0 Å². The highest BCUT2D eigenvalue weighted by molar-refractivity contribution is 5.61. The van der Waals surface area contributed by atoms with Crippen molar-refractivity contribution >= 4 is 0 Å². The Morgan fingerprint density at radius 3 is 2.67 bits per heavy atom. The van der Waals surface area contributed by atoms with Crippen LogP contribution in [0.5, 0.6) is 0 Å². The Morgan fingerprint density at radius 1 is 1.27 bits per heavy atom. The maximum absolute atomic E-state index is 13.0. The minimum atomic E-state index is -0.218. The zero-order valence-corrected chi connectivity index (χ0v) is 8.81. The van der Waals surface area contributed by atoms with Gasteiger partial charge in [0.2, 0.25) is 0 Å². The zero-order chi connectivity index (χ0) is 10.8. The van der Waals surface area contributed by atoms with Gasteiger partial charge < -0.3 is 0 Å². The Labute approximate surface area is 88.4 Å². The largest absolute Gasteiger partial charge is 0.270 e. The number of hydrogen-bond donors (Lipinski definition) is 0. The van der Waals surface area contributed by atoms with Crippen LogP contribution in [0.25, 0.3) is 11.1 Å². The topological polar surface area (TPSA) is 17.8 Å². The summed E-state index contributed by atoms with van der Waals surface area (Å²) in [6.07, 6.45) is 3.69. The first-order valence-corrected chi connectivity index (χ1v) is 4.97. The summed E-state index contributed by atoms with van der Waals surface area (Å²) >= 11 is 0. The van der Waals surface area contributed by atoms with Crippen molar-refractivity contribution in [2.24, 2.45) is 0 Å². The van der Waals surface area contributed by atoms with Crippen LogP contribution in [0.1, 0.15) is 19.9 Å². The van der Waals surface area contributed by atoms with E-state index in [9.17, 15) is 4.39 Å². The third kappa shape index (κ3) is 2.06. The molecule has 0 aliphatic rings. The normalized spacial score (nSPS) is 10.9. The molecule has 0 unspecified atom stereocenters. The Kier molecular flexibility index (Phi) is 2.54. The van der Waals surface area contributed by atoms with Crippen molar-refractivity contribution < 1.29 is 4.39 Å². The van der Waals surface area contributed by atoms with Crippen molar-refractivity contribution in [3.63, 3.8) is 0 Å². The van der Waals surface area contributed by atoms with Gasteiger partial charge in [-0.05, 0) is 31.5 Å². The predicted octanol–water partition coefficient (Wildman–Crippen LogP) is 3.27. The first-order chi connectivity index (χ1) is 7.16. The van der Waals surface area contributed by atoms with Crippen molar-refractivity contribution in [2.45, 2.75) is 19.9 Å². The number of benzene rings is 1. The molecule has 1 heterocycles. The third-order valence-corrected chi connectivity index (χ3v) is 2.29. The quantitative estimate of drug-likeness (QED) is 0.734. The van der Waals surface area contributed by atoms with Gasteiger partial charge >= 0.3 is 0 Å². The van der Waals surface area contributed by atoms with Gasteiger partial charge in [0, 0.05) is 17.8 Å². The van der Waals surface area contributed by atoms with Crippen molar-refractivity contribution in [3.05, 3.63) is 42.5 Å². The molecule has 2 rings (SSSR count). The van der Waals surface area contributed by atoms with E-state index in [1.165, 1.54) is 12.1 Å². The molecule has 15 heavy (non-hydrogen) atoms. The van der Waals surface area contributed by atoms with E-state index in [2.05, 4.69) is 18.9 Å². The van der Waals surface area contributed by atoms with Crippen LogP contribution in [0.2, 0.25) is 0 Å². The SMILES string of the molecule is CC(C)n1cc(-c2cccc(F)c2)cn1. The molecule has 0 saturated carbocycles. The summed E-state index contributed by atoms with van der Waals surface area (Å²) in [7, 11) is 0. The summed E-state index contributed by atoms with van der Waals surface area (Å²) in [6, 6.07) is 6.87. The lowest BCUT2D eigenvalue weighted by molar-refractivity contribution is 0.532. The highest BCUT2D eigenvalue weighted by Crippen LogP contribution is 2.20. The van der Waals surface area contributed by atoms with E-state index in [-0.39, 0.29) is 5.82 Å². The average Bonchev–Trinajstić information content (AvgIpc) is 2.66. The molecule has 78 valence electrons. The first kappa shape index (κ1) is 9.90. The van der Waals surface area contributed by atoms with Crippen LogP contribution < -0.4 is 0 Å². The van der Waals surface area contributed by atoms with Gasteiger partial charge in [0.15, 0.2) is 0 Å². The maximum Gasteiger partial charge on any atom is 0.123 e. The lowest BCUT2D eigenvalue weighted by Gasteiger charge is -2.03. The minimum absolute atomic E-state index is 0.218. The van der Waals surface area contributed by atoms with Crippen LogP contribution in [0, 0.1) is 5.82 Å². The van der Waals surface area contributed by atoms with Crippen LogP contribution in [0.3, 0.4) is 0 Å². The zero-order valence-electron chi connectivity index (χ0n) is 8.81. The van der Waals surface area contributed by atoms with Crippen molar-refractivity contribution in [3.8, 4) is 11.1 Å². The van der Waals surface area contributed by atoms with E-state index in [4.69, 9.17) is 0 Å². The summed E-state index contributed by atoms with van der Waals surface area (Å²) in [5, 5.41) is 4.22. The molecule has 0 atom stereocenters. The van der Waals surface area contributed by atoms with Crippen molar-refractivity contribution in [1.82, 2.24) is 9.78 Å². The van der Waals surface area contributed by atoms with Crippen LogP contribution in [-0.2, 0) is 0 Å². The Morgan fingerprint density at radius 2 is 2.07 bits per heavy atom. The molecule has 1 aromatic heterocycles. The van der Waals surface area contributed by atoms with Gasteiger partial charge in [0.1, 0.15) is 5.82 Å². The van der Waals surface area contributed by atoms with Crippen LogP contribution in [-0.4, -0.2) is 9.78 Å². The molecule has 0 N–H and O–H groups in total. The molecule has 3 heteroatoms.